The number of aliphatic hydroxyl groups is 1. The maximum absolute atomic E-state index is 9.17. The van der Waals surface area contributed by atoms with Gasteiger partial charge in [0.1, 0.15) is 0 Å². The summed E-state index contributed by atoms with van der Waals surface area (Å²) in [6.45, 7) is 0.854. The van der Waals surface area contributed by atoms with E-state index in [2.05, 4.69) is 11.0 Å². The highest BCUT2D eigenvalue weighted by atomic mass is 16.3. The third kappa shape index (κ3) is 2.78. The molecule has 17 heavy (non-hydrogen) atoms. The van der Waals surface area contributed by atoms with Crippen LogP contribution >= 0.6 is 0 Å². The average molecular weight is 230 g/mol. The molecule has 1 aromatic carbocycles. The van der Waals surface area contributed by atoms with Crippen LogP contribution in [0.5, 0.6) is 0 Å². The van der Waals surface area contributed by atoms with Crippen LogP contribution < -0.4 is 4.90 Å². The van der Waals surface area contributed by atoms with Crippen LogP contribution in [0.25, 0.3) is 0 Å². The molecule has 1 aliphatic rings. The van der Waals surface area contributed by atoms with Gasteiger partial charge < -0.3 is 10.0 Å². The summed E-state index contributed by atoms with van der Waals surface area (Å²) >= 11 is 0. The van der Waals surface area contributed by atoms with Gasteiger partial charge in [0, 0.05) is 18.3 Å². The summed E-state index contributed by atoms with van der Waals surface area (Å²) in [5.41, 5.74) is 1.80. The molecule has 3 heteroatoms. The van der Waals surface area contributed by atoms with Crippen LogP contribution in [0.3, 0.4) is 0 Å². The van der Waals surface area contributed by atoms with Gasteiger partial charge >= 0.3 is 0 Å². The summed E-state index contributed by atoms with van der Waals surface area (Å²) < 4.78 is 0. The van der Waals surface area contributed by atoms with Crippen molar-refractivity contribution in [3.8, 4) is 6.07 Å². The zero-order chi connectivity index (χ0) is 12.1. The summed E-state index contributed by atoms with van der Waals surface area (Å²) in [5, 5.41) is 17.9. The Morgan fingerprint density at radius 3 is 2.41 bits per heavy atom. The molecule has 90 valence electrons. The zero-order valence-corrected chi connectivity index (χ0v) is 9.97. The van der Waals surface area contributed by atoms with Gasteiger partial charge in [0.2, 0.25) is 0 Å². The van der Waals surface area contributed by atoms with Crippen LogP contribution in [0.15, 0.2) is 24.3 Å². The quantitative estimate of drug-likeness (QED) is 0.863. The Bertz CT molecular complexity index is 388. The minimum absolute atomic E-state index is 0.177. The normalized spacial score (nSPS) is 15.8. The number of benzene rings is 1. The molecule has 1 fully saturated rings. The van der Waals surface area contributed by atoms with Crippen molar-refractivity contribution in [2.75, 3.05) is 18.1 Å². The average Bonchev–Trinajstić information content (AvgIpc) is 2.90. The second kappa shape index (κ2) is 5.70. The van der Waals surface area contributed by atoms with Gasteiger partial charge in [-0.25, -0.2) is 0 Å². The van der Waals surface area contributed by atoms with E-state index >= 15 is 0 Å². The van der Waals surface area contributed by atoms with E-state index < -0.39 is 0 Å². The molecular weight excluding hydrogens is 212 g/mol. The molecule has 0 aliphatic heterocycles. The number of hydrogen-bond donors (Lipinski definition) is 1. The van der Waals surface area contributed by atoms with E-state index in [9.17, 15) is 0 Å². The van der Waals surface area contributed by atoms with Crippen molar-refractivity contribution in [3.63, 3.8) is 0 Å². The summed E-state index contributed by atoms with van der Waals surface area (Å²) in [7, 11) is 0. The smallest absolute Gasteiger partial charge is 0.0991 e. The predicted octanol–water partition coefficient (Wildman–Crippen LogP) is 2.30. The van der Waals surface area contributed by atoms with E-state index in [0.717, 1.165) is 5.69 Å². The molecule has 0 amide bonds. The predicted molar refractivity (Wildman–Crippen MR) is 67.8 cm³/mol. The van der Waals surface area contributed by atoms with E-state index in [0.29, 0.717) is 18.2 Å². The molecule has 0 bridgehead atoms. The Morgan fingerprint density at radius 1 is 1.24 bits per heavy atom. The third-order valence-electron chi connectivity index (χ3n) is 3.43. The molecular formula is C14H18N2O. The van der Waals surface area contributed by atoms with E-state index in [1.54, 1.807) is 0 Å². The molecule has 0 saturated heterocycles. The lowest BCUT2D eigenvalue weighted by Gasteiger charge is -2.30. The highest BCUT2D eigenvalue weighted by Crippen LogP contribution is 2.28. The van der Waals surface area contributed by atoms with Crippen LogP contribution in [-0.2, 0) is 0 Å². The van der Waals surface area contributed by atoms with E-state index in [1.165, 1.54) is 25.7 Å². The fourth-order valence-electron chi connectivity index (χ4n) is 2.57. The van der Waals surface area contributed by atoms with Crippen LogP contribution in [0, 0.1) is 11.3 Å². The maximum atomic E-state index is 9.17. The summed E-state index contributed by atoms with van der Waals surface area (Å²) in [4.78, 5) is 2.27. The number of nitriles is 1. The Labute approximate surface area is 102 Å². The molecule has 0 heterocycles. The number of aliphatic hydroxyl groups excluding tert-OH is 1. The first kappa shape index (κ1) is 11.9. The fraction of sp³-hybridized carbons (Fsp3) is 0.500. The second-order valence-electron chi connectivity index (χ2n) is 4.51. The van der Waals surface area contributed by atoms with Crippen molar-refractivity contribution in [2.45, 2.75) is 31.7 Å². The highest BCUT2D eigenvalue weighted by molar-refractivity contribution is 5.50. The molecule has 2 rings (SSSR count). The summed E-state index contributed by atoms with van der Waals surface area (Å²) in [5.74, 6) is 0. The first-order chi connectivity index (χ1) is 8.35. The molecule has 0 aromatic heterocycles. The lowest BCUT2D eigenvalue weighted by molar-refractivity contribution is 0.297. The van der Waals surface area contributed by atoms with Gasteiger partial charge in [0.15, 0.2) is 0 Å². The maximum Gasteiger partial charge on any atom is 0.0991 e. The van der Waals surface area contributed by atoms with Gasteiger partial charge in [-0.1, -0.05) is 12.8 Å². The molecule has 1 aliphatic carbocycles. The van der Waals surface area contributed by atoms with E-state index in [4.69, 9.17) is 10.4 Å². The van der Waals surface area contributed by atoms with Crippen molar-refractivity contribution < 1.29 is 5.11 Å². The van der Waals surface area contributed by atoms with Gasteiger partial charge in [0.05, 0.1) is 18.2 Å². The van der Waals surface area contributed by atoms with Crippen LogP contribution in [0.4, 0.5) is 5.69 Å². The fourth-order valence-corrected chi connectivity index (χ4v) is 2.57. The van der Waals surface area contributed by atoms with Crippen molar-refractivity contribution in [3.05, 3.63) is 29.8 Å². The molecule has 0 atom stereocenters. The van der Waals surface area contributed by atoms with Crippen molar-refractivity contribution >= 4 is 5.69 Å². The molecule has 1 N–H and O–H groups in total. The third-order valence-corrected chi connectivity index (χ3v) is 3.43. The Kier molecular flexibility index (Phi) is 4.00. The van der Waals surface area contributed by atoms with Crippen molar-refractivity contribution in [1.82, 2.24) is 0 Å². The molecule has 0 unspecified atom stereocenters. The van der Waals surface area contributed by atoms with Crippen LogP contribution in [0.2, 0.25) is 0 Å². The van der Waals surface area contributed by atoms with E-state index in [1.807, 2.05) is 24.3 Å². The lowest BCUT2D eigenvalue weighted by Crippen LogP contribution is -2.35. The number of nitrogens with zero attached hydrogens (tertiary/aromatic N) is 2. The van der Waals surface area contributed by atoms with Gasteiger partial charge in [-0.2, -0.15) is 5.26 Å². The van der Waals surface area contributed by atoms with Crippen molar-refractivity contribution in [2.24, 2.45) is 0 Å². The minimum Gasteiger partial charge on any atom is -0.395 e. The van der Waals surface area contributed by atoms with Crippen LogP contribution in [0.1, 0.15) is 31.2 Å². The summed E-state index contributed by atoms with van der Waals surface area (Å²) in [6.07, 6.45) is 4.98. The number of rotatable bonds is 4. The SMILES string of the molecule is N#Cc1ccc(N(CCO)C2CCCC2)cc1. The molecule has 3 nitrogen and oxygen atoms in total. The van der Waals surface area contributed by atoms with Gasteiger partial charge in [-0.05, 0) is 37.1 Å². The largest absolute Gasteiger partial charge is 0.395 e. The highest BCUT2D eigenvalue weighted by Gasteiger charge is 2.22. The Balaban J connectivity index is 2.16. The molecule has 1 aromatic rings. The zero-order valence-electron chi connectivity index (χ0n) is 9.97. The Morgan fingerprint density at radius 2 is 1.88 bits per heavy atom. The number of anilines is 1. The standard InChI is InChI=1S/C14H18N2O/c15-11-12-5-7-14(8-6-12)16(9-10-17)13-3-1-2-4-13/h5-8,13,17H,1-4,9-10H2. The van der Waals surface area contributed by atoms with E-state index in [-0.39, 0.29) is 6.61 Å². The molecule has 0 spiro atoms. The number of hydrogen-bond acceptors (Lipinski definition) is 3. The Hall–Kier alpha value is -1.53. The van der Waals surface area contributed by atoms with Gasteiger partial charge in [-0.15, -0.1) is 0 Å². The van der Waals surface area contributed by atoms with Crippen LogP contribution in [-0.4, -0.2) is 24.3 Å². The molecule has 1 saturated carbocycles. The molecule has 0 radical (unpaired) electrons. The lowest BCUT2D eigenvalue weighted by atomic mass is 10.1. The summed E-state index contributed by atoms with van der Waals surface area (Å²) in [6, 6.07) is 10.3. The van der Waals surface area contributed by atoms with Gasteiger partial charge in [-0.3, -0.25) is 0 Å². The van der Waals surface area contributed by atoms with Crippen molar-refractivity contribution in [1.29, 1.82) is 5.26 Å². The van der Waals surface area contributed by atoms with Gasteiger partial charge in [0.25, 0.3) is 0 Å². The first-order valence-electron chi connectivity index (χ1n) is 6.23. The topological polar surface area (TPSA) is 47.3 Å². The minimum atomic E-state index is 0.177. The first-order valence-corrected chi connectivity index (χ1v) is 6.23. The second-order valence-corrected chi connectivity index (χ2v) is 4.51. The monoisotopic (exact) mass is 230 g/mol.